The Kier molecular flexibility index (Phi) is 9.97. The van der Waals surface area contributed by atoms with E-state index >= 15 is 0 Å². The van der Waals surface area contributed by atoms with Gasteiger partial charge in [0, 0.05) is 31.7 Å². The van der Waals surface area contributed by atoms with E-state index in [2.05, 4.69) is 27.2 Å². The van der Waals surface area contributed by atoms with Gasteiger partial charge in [-0.15, -0.1) is 41.9 Å². The summed E-state index contributed by atoms with van der Waals surface area (Å²) in [5.74, 6) is 0.530. The van der Waals surface area contributed by atoms with Gasteiger partial charge in [-0.2, -0.15) is 0 Å². The summed E-state index contributed by atoms with van der Waals surface area (Å²) in [5.41, 5.74) is 0. The zero-order valence-electron chi connectivity index (χ0n) is 12.5. The molecule has 0 spiro atoms. The Labute approximate surface area is 146 Å². The molecule has 118 valence electrons. The number of rotatable bonds is 6. The monoisotopic (exact) mass is 423 g/mol. The van der Waals surface area contributed by atoms with Crippen molar-refractivity contribution in [2.45, 2.75) is 13.5 Å². The standard InChI is InChI=1S/C13H21N5OS.HI/c1-5-6-14-13(17-9-12(19)18(3)4)16-8-11-15-7-10(2)20-11;/h5,7H,1,6,8-9H2,2-4H3,(H2,14,16,17);1H. The molecule has 0 radical (unpaired) electrons. The van der Waals surface area contributed by atoms with Crippen LogP contribution in [0.25, 0.3) is 0 Å². The van der Waals surface area contributed by atoms with Crippen LogP contribution in [0.4, 0.5) is 0 Å². The lowest BCUT2D eigenvalue weighted by Gasteiger charge is -2.12. The predicted molar refractivity (Wildman–Crippen MR) is 98.3 cm³/mol. The second kappa shape index (κ2) is 10.6. The van der Waals surface area contributed by atoms with Crippen LogP contribution in [0.15, 0.2) is 23.8 Å². The number of carbonyl (C=O) groups excluding carboxylic acids is 1. The number of halogens is 1. The molecule has 8 heteroatoms. The fraction of sp³-hybridized carbons (Fsp3) is 0.462. The summed E-state index contributed by atoms with van der Waals surface area (Å²) in [4.78, 5) is 22.7. The molecule has 6 nitrogen and oxygen atoms in total. The van der Waals surface area contributed by atoms with Gasteiger partial charge in [0.05, 0.1) is 6.54 Å². The van der Waals surface area contributed by atoms with E-state index in [0.717, 1.165) is 5.01 Å². The van der Waals surface area contributed by atoms with Crippen LogP contribution in [0.2, 0.25) is 0 Å². The highest BCUT2D eigenvalue weighted by Gasteiger charge is 2.05. The molecule has 0 fully saturated rings. The first-order chi connectivity index (χ1) is 9.52. The van der Waals surface area contributed by atoms with Gasteiger partial charge < -0.3 is 15.5 Å². The van der Waals surface area contributed by atoms with Crippen molar-refractivity contribution in [3.63, 3.8) is 0 Å². The number of amides is 1. The minimum atomic E-state index is -0.0465. The first-order valence-corrected chi connectivity index (χ1v) is 7.09. The van der Waals surface area contributed by atoms with Gasteiger partial charge in [-0.05, 0) is 6.92 Å². The van der Waals surface area contributed by atoms with Crippen molar-refractivity contribution in [3.05, 3.63) is 28.7 Å². The molecular formula is C13H22IN5OS. The van der Waals surface area contributed by atoms with Crippen LogP contribution in [-0.4, -0.2) is 48.9 Å². The molecule has 0 bridgehead atoms. The zero-order valence-corrected chi connectivity index (χ0v) is 15.7. The van der Waals surface area contributed by atoms with Gasteiger partial charge >= 0.3 is 0 Å². The Balaban J connectivity index is 0.00000400. The molecule has 0 aliphatic carbocycles. The Morgan fingerprint density at radius 2 is 2.24 bits per heavy atom. The maximum Gasteiger partial charge on any atom is 0.243 e. The Morgan fingerprint density at radius 1 is 1.52 bits per heavy atom. The Hall–Kier alpha value is -1.16. The highest BCUT2D eigenvalue weighted by Crippen LogP contribution is 2.10. The van der Waals surface area contributed by atoms with Gasteiger partial charge in [0.25, 0.3) is 0 Å². The van der Waals surface area contributed by atoms with Gasteiger partial charge in [-0.1, -0.05) is 6.08 Å². The highest BCUT2D eigenvalue weighted by molar-refractivity contribution is 14.0. The number of aliphatic imine (C=N–C) groups is 1. The van der Waals surface area contributed by atoms with Crippen LogP contribution < -0.4 is 10.6 Å². The number of hydrogen-bond donors (Lipinski definition) is 2. The second-order valence-electron chi connectivity index (χ2n) is 4.34. The highest BCUT2D eigenvalue weighted by atomic mass is 127. The molecule has 1 aromatic heterocycles. The molecule has 1 amide bonds. The smallest absolute Gasteiger partial charge is 0.243 e. The number of aromatic nitrogens is 1. The maximum absolute atomic E-state index is 11.5. The number of likely N-dealkylation sites (N-methyl/N-ethyl adjacent to an activating group) is 1. The predicted octanol–water partition coefficient (Wildman–Crippen LogP) is 1.38. The van der Waals surface area contributed by atoms with Crippen molar-refractivity contribution >= 4 is 47.2 Å². The average Bonchev–Trinajstić information content (AvgIpc) is 2.83. The van der Waals surface area contributed by atoms with Gasteiger partial charge in [-0.3, -0.25) is 4.79 Å². The topological polar surface area (TPSA) is 69.6 Å². The molecule has 0 aromatic carbocycles. The number of thiazole rings is 1. The number of guanidine groups is 1. The van der Waals surface area contributed by atoms with Crippen LogP contribution >= 0.6 is 35.3 Å². The summed E-state index contributed by atoms with van der Waals surface area (Å²) < 4.78 is 0. The van der Waals surface area contributed by atoms with Crippen LogP contribution in [-0.2, 0) is 11.3 Å². The van der Waals surface area contributed by atoms with E-state index in [4.69, 9.17) is 0 Å². The summed E-state index contributed by atoms with van der Waals surface area (Å²) in [6.45, 7) is 6.93. The molecule has 0 unspecified atom stereocenters. The molecule has 1 rings (SSSR count). The van der Waals surface area contributed by atoms with E-state index in [9.17, 15) is 4.79 Å². The second-order valence-corrected chi connectivity index (χ2v) is 5.66. The van der Waals surface area contributed by atoms with Crippen molar-refractivity contribution in [3.8, 4) is 0 Å². The number of carbonyl (C=O) groups is 1. The summed E-state index contributed by atoms with van der Waals surface area (Å²) in [6.07, 6.45) is 3.57. The zero-order chi connectivity index (χ0) is 15.0. The van der Waals surface area contributed by atoms with E-state index in [1.54, 1.807) is 31.5 Å². The molecule has 2 N–H and O–H groups in total. The van der Waals surface area contributed by atoms with Crippen LogP contribution in [0.5, 0.6) is 0 Å². The molecule has 0 atom stereocenters. The van der Waals surface area contributed by atoms with Gasteiger partial charge in [-0.25, -0.2) is 9.98 Å². The lowest BCUT2D eigenvalue weighted by atomic mass is 10.5. The van der Waals surface area contributed by atoms with E-state index in [0.29, 0.717) is 19.0 Å². The van der Waals surface area contributed by atoms with Crippen molar-refractivity contribution < 1.29 is 4.79 Å². The van der Waals surface area contributed by atoms with Crippen LogP contribution in [0.3, 0.4) is 0 Å². The third kappa shape index (κ3) is 8.00. The Morgan fingerprint density at radius 3 is 2.76 bits per heavy atom. The van der Waals surface area contributed by atoms with Gasteiger partial charge in [0.2, 0.25) is 5.91 Å². The van der Waals surface area contributed by atoms with Crippen molar-refractivity contribution in [1.82, 2.24) is 20.5 Å². The maximum atomic E-state index is 11.5. The third-order valence-corrected chi connectivity index (χ3v) is 3.27. The first-order valence-electron chi connectivity index (χ1n) is 6.27. The SMILES string of the molecule is C=CCNC(=NCC(=O)N(C)C)NCc1ncc(C)s1.I. The third-order valence-electron chi connectivity index (χ3n) is 2.36. The lowest BCUT2D eigenvalue weighted by Crippen LogP contribution is -2.38. The average molecular weight is 423 g/mol. The first kappa shape index (κ1) is 19.8. The lowest BCUT2D eigenvalue weighted by molar-refractivity contribution is -0.127. The summed E-state index contributed by atoms with van der Waals surface area (Å²) in [6, 6.07) is 0. The van der Waals surface area contributed by atoms with Gasteiger partial charge in [0.1, 0.15) is 11.6 Å². The molecule has 1 aromatic rings. The summed E-state index contributed by atoms with van der Waals surface area (Å²) in [5, 5.41) is 7.20. The minimum Gasteiger partial charge on any atom is -0.353 e. The largest absolute Gasteiger partial charge is 0.353 e. The number of nitrogens with one attached hydrogen (secondary N) is 2. The molecule has 1 heterocycles. The molecule has 0 saturated heterocycles. The summed E-state index contributed by atoms with van der Waals surface area (Å²) >= 11 is 1.63. The number of aryl methyl sites for hydroxylation is 1. The minimum absolute atomic E-state index is 0. The van der Waals surface area contributed by atoms with Crippen LogP contribution in [0.1, 0.15) is 9.88 Å². The van der Waals surface area contributed by atoms with E-state index in [-0.39, 0.29) is 36.4 Å². The molecule has 0 aliphatic heterocycles. The fourth-order valence-corrected chi connectivity index (χ4v) is 2.00. The summed E-state index contributed by atoms with van der Waals surface area (Å²) in [7, 11) is 3.42. The number of nitrogens with zero attached hydrogens (tertiary/aromatic N) is 3. The van der Waals surface area contributed by atoms with Crippen molar-refractivity contribution in [1.29, 1.82) is 0 Å². The van der Waals surface area contributed by atoms with E-state index < -0.39 is 0 Å². The normalized spacial score (nSPS) is 10.5. The van der Waals surface area contributed by atoms with Gasteiger partial charge in [0.15, 0.2) is 5.96 Å². The van der Waals surface area contributed by atoms with Crippen molar-refractivity contribution in [2.24, 2.45) is 4.99 Å². The van der Waals surface area contributed by atoms with E-state index in [1.165, 1.54) is 9.78 Å². The van der Waals surface area contributed by atoms with Crippen LogP contribution in [0, 0.1) is 6.92 Å². The Bertz CT molecular complexity index is 487. The molecular weight excluding hydrogens is 401 g/mol. The quantitative estimate of drug-likeness (QED) is 0.314. The fourth-order valence-electron chi connectivity index (χ4n) is 1.27. The molecule has 0 aliphatic rings. The van der Waals surface area contributed by atoms with Crippen molar-refractivity contribution in [2.75, 3.05) is 27.2 Å². The van der Waals surface area contributed by atoms with E-state index in [1.807, 2.05) is 13.1 Å². The molecule has 21 heavy (non-hydrogen) atoms. The molecule has 0 saturated carbocycles. The number of hydrogen-bond acceptors (Lipinski definition) is 4.